The molecule has 13 heavy (non-hydrogen) atoms. The Morgan fingerprint density at radius 3 is 2.85 bits per heavy atom. The summed E-state index contributed by atoms with van der Waals surface area (Å²) in [5.41, 5.74) is 0.903. The Kier molecular flexibility index (Phi) is 2.02. The van der Waals surface area contributed by atoms with E-state index in [2.05, 4.69) is 9.97 Å². The fourth-order valence-corrected chi connectivity index (χ4v) is 1.19. The van der Waals surface area contributed by atoms with Crippen molar-refractivity contribution in [2.75, 3.05) is 11.5 Å². The minimum atomic E-state index is 0.514. The van der Waals surface area contributed by atoms with E-state index in [9.17, 15) is 0 Å². The van der Waals surface area contributed by atoms with Gasteiger partial charge in [0.25, 0.3) is 0 Å². The zero-order chi connectivity index (χ0) is 9.26. The molecule has 0 spiro atoms. The van der Waals surface area contributed by atoms with Crippen LogP contribution in [0.4, 0.5) is 5.95 Å². The highest BCUT2D eigenvalue weighted by Crippen LogP contribution is 2.14. The lowest BCUT2D eigenvalue weighted by molar-refractivity contribution is 1.13. The Labute approximate surface area is 81.1 Å². The smallest absolute Gasteiger partial charge is 0.240 e. The fraction of sp³-hybridized carbons (Fsp3) is 0.111. The third kappa shape index (κ3) is 1.55. The average Bonchev–Trinajstić information content (AvgIpc) is 2.17. The van der Waals surface area contributed by atoms with Crippen LogP contribution in [0.3, 0.4) is 0 Å². The van der Waals surface area contributed by atoms with Gasteiger partial charge in [-0.2, -0.15) is 0 Å². The molecule has 0 saturated heterocycles. The number of rotatable bonds is 1. The van der Waals surface area contributed by atoms with Gasteiger partial charge in [-0.05, 0) is 6.07 Å². The fourth-order valence-electron chi connectivity index (χ4n) is 1.11. The van der Waals surface area contributed by atoms with Gasteiger partial charge in [-0.25, -0.2) is 9.97 Å². The zero-order valence-electron chi connectivity index (χ0n) is 7.11. The maximum atomic E-state index is 5.71. The number of nitrogens with zero attached hydrogens (tertiary/aromatic N) is 3. The molecular formula is C9H8ClN3. The number of halogens is 1. The molecule has 0 N–H and O–H groups in total. The number of aromatic nitrogens is 2. The van der Waals surface area contributed by atoms with E-state index < -0.39 is 0 Å². The molecule has 0 radical (unpaired) electrons. The summed E-state index contributed by atoms with van der Waals surface area (Å²) in [6, 6.07) is 7.79. The van der Waals surface area contributed by atoms with Gasteiger partial charge in [0.2, 0.25) is 5.95 Å². The van der Waals surface area contributed by atoms with E-state index >= 15 is 0 Å². The topological polar surface area (TPSA) is 29.0 Å². The quantitative estimate of drug-likeness (QED) is 0.651. The third-order valence-corrected chi connectivity index (χ3v) is 1.90. The predicted molar refractivity (Wildman–Crippen MR) is 53.8 cm³/mol. The van der Waals surface area contributed by atoms with Gasteiger partial charge in [0, 0.05) is 30.4 Å². The van der Waals surface area contributed by atoms with Gasteiger partial charge in [0.1, 0.15) is 0 Å². The lowest BCUT2D eigenvalue weighted by atomic mass is 10.2. The molecular weight excluding hydrogens is 186 g/mol. The summed E-state index contributed by atoms with van der Waals surface area (Å²) in [5, 5.41) is 1.02. The summed E-state index contributed by atoms with van der Waals surface area (Å²) in [4.78, 5) is 8.35. The molecule has 0 saturated carbocycles. The summed E-state index contributed by atoms with van der Waals surface area (Å²) in [5.74, 6) is 0.514. The Balaban J connectivity index is 2.62. The van der Waals surface area contributed by atoms with Crippen LogP contribution in [0.1, 0.15) is 0 Å². The van der Waals surface area contributed by atoms with E-state index in [1.807, 2.05) is 24.3 Å². The van der Waals surface area contributed by atoms with E-state index in [1.54, 1.807) is 13.2 Å². The van der Waals surface area contributed by atoms with Crippen molar-refractivity contribution in [3.8, 4) is 0 Å². The number of hydrogen-bond acceptors (Lipinski definition) is 3. The van der Waals surface area contributed by atoms with Gasteiger partial charge in [-0.3, -0.25) is 4.42 Å². The molecule has 0 amide bonds. The SMILES string of the molecule is CN(Cl)c1ncc2ccccc2n1. The minimum Gasteiger partial charge on any atom is -0.256 e. The minimum absolute atomic E-state index is 0.514. The molecule has 66 valence electrons. The summed E-state index contributed by atoms with van der Waals surface area (Å²) < 4.78 is 1.37. The molecule has 2 aromatic rings. The molecule has 0 aliphatic heterocycles. The Morgan fingerprint density at radius 2 is 2.08 bits per heavy atom. The predicted octanol–water partition coefficient (Wildman–Crippen LogP) is 2.22. The van der Waals surface area contributed by atoms with Crippen molar-refractivity contribution in [3.05, 3.63) is 30.5 Å². The Bertz CT molecular complexity index is 428. The molecule has 1 aromatic carbocycles. The van der Waals surface area contributed by atoms with Gasteiger partial charge in [0.05, 0.1) is 5.52 Å². The van der Waals surface area contributed by atoms with Crippen LogP contribution in [-0.4, -0.2) is 17.0 Å². The first-order valence-electron chi connectivity index (χ1n) is 3.88. The molecule has 1 aromatic heterocycles. The second-order valence-electron chi connectivity index (χ2n) is 2.71. The highest BCUT2D eigenvalue weighted by Gasteiger charge is 2.01. The summed E-state index contributed by atoms with van der Waals surface area (Å²) in [6.07, 6.45) is 1.76. The number of para-hydroxylation sites is 1. The number of benzene rings is 1. The molecule has 0 aliphatic rings. The summed E-state index contributed by atoms with van der Waals surface area (Å²) in [7, 11) is 1.70. The van der Waals surface area contributed by atoms with Gasteiger partial charge in [-0.15, -0.1) is 0 Å². The van der Waals surface area contributed by atoms with E-state index in [0.717, 1.165) is 10.9 Å². The standard InChI is InChI=1S/C9H8ClN3/c1-13(10)9-11-6-7-4-2-3-5-8(7)12-9/h2-6H,1H3. The highest BCUT2D eigenvalue weighted by atomic mass is 35.5. The van der Waals surface area contributed by atoms with Crippen LogP contribution in [0.25, 0.3) is 10.9 Å². The van der Waals surface area contributed by atoms with Gasteiger partial charge < -0.3 is 0 Å². The normalized spacial score (nSPS) is 10.3. The van der Waals surface area contributed by atoms with Gasteiger partial charge >= 0.3 is 0 Å². The third-order valence-electron chi connectivity index (χ3n) is 1.75. The van der Waals surface area contributed by atoms with Crippen molar-refractivity contribution in [2.45, 2.75) is 0 Å². The second-order valence-corrected chi connectivity index (χ2v) is 3.21. The van der Waals surface area contributed by atoms with E-state index in [-0.39, 0.29) is 0 Å². The van der Waals surface area contributed by atoms with Crippen molar-refractivity contribution in [2.24, 2.45) is 0 Å². The van der Waals surface area contributed by atoms with Crippen LogP contribution in [-0.2, 0) is 0 Å². The molecule has 3 nitrogen and oxygen atoms in total. The largest absolute Gasteiger partial charge is 0.256 e. The van der Waals surface area contributed by atoms with Gasteiger partial charge in [-0.1, -0.05) is 18.2 Å². The maximum absolute atomic E-state index is 5.71. The molecule has 0 atom stereocenters. The van der Waals surface area contributed by atoms with Crippen molar-refractivity contribution >= 4 is 28.6 Å². The molecule has 0 unspecified atom stereocenters. The average molecular weight is 194 g/mol. The second kappa shape index (κ2) is 3.18. The van der Waals surface area contributed by atoms with Crippen LogP contribution >= 0.6 is 11.8 Å². The summed E-state index contributed by atoms with van der Waals surface area (Å²) >= 11 is 5.71. The number of fused-ring (bicyclic) bond motifs is 1. The Hall–Kier alpha value is -1.35. The first kappa shape index (κ1) is 8.26. The molecule has 0 aliphatic carbocycles. The van der Waals surface area contributed by atoms with Crippen LogP contribution in [0.5, 0.6) is 0 Å². The molecule has 4 heteroatoms. The van der Waals surface area contributed by atoms with Crippen molar-refractivity contribution in [1.82, 2.24) is 9.97 Å². The van der Waals surface area contributed by atoms with Crippen molar-refractivity contribution < 1.29 is 0 Å². The first-order valence-corrected chi connectivity index (χ1v) is 4.22. The summed E-state index contributed by atoms with van der Waals surface area (Å²) in [6.45, 7) is 0. The highest BCUT2D eigenvalue weighted by molar-refractivity contribution is 6.24. The van der Waals surface area contributed by atoms with E-state index in [0.29, 0.717) is 5.95 Å². The van der Waals surface area contributed by atoms with Crippen LogP contribution in [0.2, 0.25) is 0 Å². The molecule has 0 bridgehead atoms. The van der Waals surface area contributed by atoms with E-state index in [4.69, 9.17) is 11.8 Å². The van der Waals surface area contributed by atoms with Crippen LogP contribution in [0.15, 0.2) is 30.5 Å². The van der Waals surface area contributed by atoms with Crippen molar-refractivity contribution in [3.63, 3.8) is 0 Å². The van der Waals surface area contributed by atoms with Crippen LogP contribution < -0.4 is 4.42 Å². The zero-order valence-corrected chi connectivity index (χ0v) is 7.86. The lowest BCUT2D eigenvalue weighted by Gasteiger charge is -2.06. The molecule has 1 heterocycles. The van der Waals surface area contributed by atoms with Gasteiger partial charge in [0.15, 0.2) is 0 Å². The van der Waals surface area contributed by atoms with Crippen molar-refractivity contribution in [1.29, 1.82) is 0 Å². The number of anilines is 1. The molecule has 0 fully saturated rings. The molecule has 2 rings (SSSR count). The lowest BCUT2D eigenvalue weighted by Crippen LogP contribution is -2.05. The van der Waals surface area contributed by atoms with E-state index in [1.165, 1.54) is 4.42 Å². The monoisotopic (exact) mass is 193 g/mol. The Morgan fingerprint density at radius 1 is 1.31 bits per heavy atom. The maximum Gasteiger partial charge on any atom is 0.240 e. The number of hydrogen-bond donors (Lipinski definition) is 0. The first-order chi connectivity index (χ1) is 6.27. The van der Waals surface area contributed by atoms with Crippen LogP contribution in [0, 0.1) is 0 Å².